The first kappa shape index (κ1) is 12.7. The third-order valence-electron chi connectivity index (χ3n) is 2.95. The van der Waals surface area contributed by atoms with Gasteiger partial charge in [-0.05, 0) is 44.0 Å². The molecule has 5 nitrogen and oxygen atoms in total. The van der Waals surface area contributed by atoms with E-state index in [1.54, 1.807) is 12.7 Å². The van der Waals surface area contributed by atoms with Crippen LogP contribution in [-0.2, 0) is 13.0 Å². The average Bonchev–Trinajstić information content (AvgIpc) is 2.84. The van der Waals surface area contributed by atoms with Gasteiger partial charge in [-0.3, -0.25) is 9.67 Å². The largest absolute Gasteiger partial charge is 0.312 e. The lowest BCUT2D eigenvalue weighted by Gasteiger charge is -2.14. The van der Waals surface area contributed by atoms with Crippen molar-refractivity contribution in [3.63, 3.8) is 0 Å². The Labute approximate surface area is 107 Å². The van der Waals surface area contributed by atoms with Crippen molar-refractivity contribution in [2.45, 2.75) is 32.9 Å². The van der Waals surface area contributed by atoms with Crippen LogP contribution in [0.4, 0.5) is 0 Å². The van der Waals surface area contributed by atoms with Crippen molar-refractivity contribution in [1.82, 2.24) is 25.1 Å². The number of aromatic nitrogens is 4. The van der Waals surface area contributed by atoms with Crippen molar-refractivity contribution in [3.8, 4) is 0 Å². The van der Waals surface area contributed by atoms with Crippen LogP contribution in [0.15, 0.2) is 31.1 Å². The van der Waals surface area contributed by atoms with Crippen molar-refractivity contribution in [3.05, 3.63) is 42.2 Å². The van der Waals surface area contributed by atoms with Gasteiger partial charge in [0.05, 0.1) is 6.54 Å². The molecular formula is C13H19N5. The number of nitrogens with zero attached hydrogens (tertiary/aromatic N) is 4. The normalized spacial score (nSPS) is 12.6. The van der Waals surface area contributed by atoms with E-state index in [9.17, 15) is 0 Å². The highest BCUT2D eigenvalue weighted by molar-refractivity contribution is 5.21. The quantitative estimate of drug-likeness (QED) is 0.831. The van der Waals surface area contributed by atoms with E-state index in [2.05, 4.69) is 40.3 Å². The van der Waals surface area contributed by atoms with Crippen molar-refractivity contribution >= 4 is 0 Å². The average molecular weight is 245 g/mol. The summed E-state index contributed by atoms with van der Waals surface area (Å²) in [6.45, 7) is 6.05. The molecule has 96 valence electrons. The first-order chi connectivity index (χ1) is 8.75. The van der Waals surface area contributed by atoms with Gasteiger partial charge in [0.15, 0.2) is 0 Å². The van der Waals surface area contributed by atoms with Crippen LogP contribution in [0.1, 0.15) is 18.1 Å². The van der Waals surface area contributed by atoms with Gasteiger partial charge in [0, 0.05) is 18.4 Å². The van der Waals surface area contributed by atoms with Crippen LogP contribution in [0.2, 0.25) is 0 Å². The Morgan fingerprint density at radius 1 is 1.39 bits per heavy atom. The maximum atomic E-state index is 4.10. The van der Waals surface area contributed by atoms with Gasteiger partial charge in [-0.1, -0.05) is 0 Å². The van der Waals surface area contributed by atoms with Gasteiger partial charge in [0.1, 0.15) is 12.7 Å². The van der Waals surface area contributed by atoms with E-state index in [0.717, 1.165) is 19.5 Å². The van der Waals surface area contributed by atoms with E-state index in [4.69, 9.17) is 0 Å². The smallest absolute Gasteiger partial charge is 0.137 e. The number of hydrogen-bond acceptors (Lipinski definition) is 4. The van der Waals surface area contributed by atoms with Gasteiger partial charge in [-0.25, -0.2) is 4.98 Å². The lowest BCUT2D eigenvalue weighted by Crippen LogP contribution is -2.32. The first-order valence-electron chi connectivity index (χ1n) is 6.21. The summed E-state index contributed by atoms with van der Waals surface area (Å²) >= 11 is 0. The van der Waals surface area contributed by atoms with Gasteiger partial charge in [0.25, 0.3) is 0 Å². The minimum absolute atomic E-state index is 0.383. The standard InChI is InChI=1S/C13H19N5/c1-11-7-14-5-3-13(11)4-6-16-12(2)8-18-10-15-9-17-18/h3,5,7,9-10,12,16H,4,6,8H2,1-2H3/t12-/m1/s1. The van der Waals surface area contributed by atoms with Crippen LogP contribution in [0.3, 0.4) is 0 Å². The molecule has 0 aliphatic heterocycles. The molecular weight excluding hydrogens is 226 g/mol. The molecule has 0 bridgehead atoms. The molecule has 2 aromatic rings. The van der Waals surface area contributed by atoms with Crippen LogP contribution in [0.25, 0.3) is 0 Å². The first-order valence-corrected chi connectivity index (χ1v) is 6.21. The molecule has 2 aromatic heterocycles. The summed E-state index contributed by atoms with van der Waals surface area (Å²) in [4.78, 5) is 8.03. The zero-order valence-corrected chi connectivity index (χ0v) is 10.9. The molecule has 0 spiro atoms. The summed E-state index contributed by atoms with van der Waals surface area (Å²) in [5.74, 6) is 0. The summed E-state index contributed by atoms with van der Waals surface area (Å²) in [5.41, 5.74) is 2.61. The molecule has 0 aliphatic carbocycles. The maximum Gasteiger partial charge on any atom is 0.137 e. The third-order valence-corrected chi connectivity index (χ3v) is 2.95. The van der Waals surface area contributed by atoms with E-state index in [1.807, 2.05) is 17.1 Å². The molecule has 5 heteroatoms. The number of nitrogens with one attached hydrogen (secondary N) is 1. The Hall–Kier alpha value is -1.75. The fourth-order valence-electron chi connectivity index (χ4n) is 1.91. The Bertz CT molecular complexity index is 466. The molecule has 0 aromatic carbocycles. The SMILES string of the molecule is Cc1cnccc1CCN[C@H](C)Cn1cncn1. The second-order valence-corrected chi connectivity index (χ2v) is 4.52. The van der Waals surface area contributed by atoms with Crippen LogP contribution >= 0.6 is 0 Å². The molecule has 2 rings (SSSR count). The number of rotatable bonds is 6. The minimum atomic E-state index is 0.383. The Balaban J connectivity index is 1.74. The van der Waals surface area contributed by atoms with E-state index in [1.165, 1.54) is 11.1 Å². The Morgan fingerprint density at radius 3 is 3.00 bits per heavy atom. The monoisotopic (exact) mass is 245 g/mol. The summed E-state index contributed by atoms with van der Waals surface area (Å²) in [6.07, 6.45) is 8.09. The summed E-state index contributed by atoms with van der Waals surface area (Å²) in [6, 6.07) is 2.47. The van der Waals surface area contributed by atoms with Crippen LogP contribution in [0, 0.1) is 6.92 Å². The highest BCUT2D eigenvalue weighted by atomic mass is 15.3. The fraction of sp³-hybridized carbons (Fsp3) is 0.462. The van der Waals surface area contributed by atoms with Gasteiger partial charge in [0.2, 0.25) is 0 Å². The Kier molecular flexibility index (Phi) is 4.41. The van der Waals surface area contributed by atoms with Crippen molar-refractivity contribution in [1.29, 1.82) is 0 Å². The molecule has 0 amide bonds. The van der Waals surface area contributed by atoms with E-state index in [0.29, 0.717) is 6.04 Å². The molecule has 2 heterocycles. The molecule has 0 unspecified atom stereocenters. The minimum Gasteiger partial charge on any atom is -0.312 e. The molecule has 18 heavy (non-hydrogen) atoms. The number of aryl methyl sites for hydroxylation is 1. The predicted octanol–water partition coefficient (Wildman–Crippen LogP) is 1.20. The number of pyridine rings is 1. The zero-order chi connectivity index (χ0) is 12.8. The maximum absolute atomic E-state index is 4.10. The predicted molar refractivity (Wildman–Crippen MR) is 70.2 cm³/mol. The van der Waals surface area contributed by atoms with Crippen LogP contribution < -0.4 is 5.32 Å². The van der Waals surface area contributed by atoms with Crippen molar-refractivity contribution in [2.24, 2.45) is 0 Å². The lowest BCUT2D eigenvalue weighted by atomic mass is 10.1. The molecule has 0 fully saturated rings. The van der Waals surface area contributed by atoms with Crippen LogP contribution in [-0.4, -0.2) is 32.3 Å². The highest BCUT2D eigenvalue weighted by Gasteiger charge is 2.03. The van der Waals surface area contributed by atoms with E-state index in [-0.39, 0.29) is 0 Å². The van der Waals surface area contributed by atoms with Gasteiger partial charge >= 0.3 is 0 Å². The lowest BCUT2D eigenvalue weighted by molar-refractivity contribution is 0.453. The van der Waals surface area contributed by atoms with Gasteiger partial charge < -0.3 is 5.32 Å². The van der Waals surface area contributed by atoms with E-state index >= 15 is 0 Å². The summed E-state index contributed by atoms with van der Waals surface area (Å²) < 4.78 is 1.84. The molecule has 0 aliphatic rings. The van der Waals surface area contributed by atoms with Gasteiger partial charge in [-0.2, -0.15) is 5.10 Å². The van der Waals surface area contributed by atoms with Crippen molar-refractivity contribution in [2.75, 3.05) is 6.54 Å². The third kappa shape index (κ3) is 3.63. The molecule has 1 N–H and O–H groups in total. The fourth-order valence-corrected chi connectivity index (χ4v) is 1.91. The second-order valence-electron chi connectivity index (χ2n) is 4.52. The summed E-state index contributed by atoms with van der Waals surface area (Å²) in [5, 5.41) is 7.58. The molecule has 0 saturated carbocycles. The Morgan fingerprint density at radius 2 is 2.28 bits per heavy atom. The molecule has 0 saturated heterocycles. The van der Waals surface area contributed by atoms with E-state index < -0.39 is 0 Å². The van der Waals surface area contributed by atoms with Crippen LogP contribution in [0.5, 0.6) is 0 Å². The molecule has 0 radical (unpaired) electrons. The summed E-state index contributed by atoms with van der Waals surface area (Å²) in [7, 11) is 0. The number of hydrogen-bond donors (Lipinski definition) is 1. The molecule has 1 atom stereocenters. The second kappa shape index (κ2) is 6.26. The van der Waals surface area contributed by atoms with Gasteiger partial charge in [-0.15, -0.1) is 0 Å². The van der Waals surface area contributed by atoms with Crippen molar-refractivity contribution < 1.29 is 0 Å². The highest BCUT2D eigenvalue weighted by Crippen LogP contribution is 2.05. The topological polar surface area (TPSA) is 55.6 Å². The zero-order valence-electron chi connectivity index (χ0n) is 10.9.